The van der Waals surface area contributed by atoms with Crippen LogP contribution in [0.1, 0.15) is 15.9 Å². The fourth-order valence-electron chi connectivity index (χ4n) is 1.83. The third-order valence-electron chi connectivity index (χ3n) is 2.76. The van der Waals surface area contributed by atoms with E-state index < -0.39 is 5.97 Å². The Balaban J connectivity index is 2.27. The number of nitrogens with zero attached hydrogens (tertiary/aromatic N) is 2. The zero-order valence-corrected chi connectivity index (χ0v) is 13.0. The first-order valence-corrected chi connectivity index (χ1v) is 6.99. The van der Waals surface area contributed by atoms with E-state index >= 15 is 0 Å². The first-order valence-electron chi connectivity index (χ1n) is 5.82. The van der Waals surface area contributed by atoms with E-state index in [9.17, 15) is 9.90 Å². The molecule has 1 aromatic heterocycles. The van der Waals surface area contributed by atoms with Crippen LogP contribution in [0.3, 0.4) is 0 Å². The van der Waals surface area contributed by atoms with Crippen LogP contribution in [0.2, 0.25) is 5.02 Å². The number of aromatic nitrogens is 1. The van der Waals surface area contributed by atoms with Gasteiger partial charge in [-0.3, -0.25) is 0 Å². The molecule has 0 aliphatic heterocycles. The van der Waals surface area contributed by atoms with Crippen molar-refractivity contribution < 1.29 is 9.90 Å². The monoisotopic (exact) mass is 354 g/mol. The number of carboxylic acid groups (broad SMARTS) is 1. The number of halogens is 2. The van der Waals surface area contributed by atoms with Gasteiger partial charge < -0.3 is 10.0 Å². The Hall–Kier alpha value is -1.59. The second-order valence-electron chi connectivity index (χ2n) is 4.31. The minimum Gasteiger partial charge on any atom is -0.478 e. The number of rotatable bonds is 4. The van der Waals surface area contributed by atoms with E-state index in [0.717, 1.165) is 5.56 Å². The second-order valence-corrected chi connectivity index (χ2v) is 5.66. The molecule has 2 rings (SSSR count). The van der Waals surface area contributed by atoms with Gasteiger partial charge in [0.1, 0.15) is 11.4 Å². The fraction of sp³-hybridized carbons (Fsp3) is 0.143. The fourth-order valence-corrected chi connectivity index (χ4v) is 2.29. The highest BCUT2D eigenvalue weighted by molar-refractivity contribution is 9.10. The van der Waals surface area contributed by atoms with Gasteiger partial charge in [-0.25, -0.2) is 9.78 Å². The number of carbonyl (C=O) groups is 1. The van der Waals surface area contributed by atoms with Crippen LogP contribution in [0.15, 0.2) is 41.0 Å². The molecule has 1 N–H and O–H groups in total. The summed E-state index contributed by atoms with van der Waals surface area (Å²) in [5.74, 6) is -0.576. The second kappa shape index (κ2) is 6.24. The molecule has 0 atom stereocenters. The number of pyridine rings is 1. The highest BCUT2D eigenvalue weighted by atomic mass is 79.9. The summed E-state index contributed by atoms with van der Waals surface area (Å²) in [6, 6.07) is 8.95. The molecule has 0 bridgehead atoms. The van der Waals surface area contributed by atoms with Gasteiger partial charge in [0.25, 0.3) is 0 Å². The van der Waals surface area contributed by atoms with E-state index in [4.69, 9.17) is 11.6 Å². The number of hydrogen-bond donors (Lipinski definition) is 1. The summed E-state index contributed by atoms with van der Waals surface area (Å²) in [5, 5.41) is 9.91. The van der Waals surface area contributed by atoms with E-state index in [2.05, 4.69) is 20.9 Å². The van der Waals surface area contributed by atoms with Crippen LogP contribution in [0.4, 0.5) is 5.82 Å². The Morgan fingerprint density at radius 3 is 2.65 bits per heavy atom. The van der Waals surface area contributed by atoms with E-state index in [-0.39, 0.29) is 5.56 Å². The summed E-state index contributed by atoms with van der Waals surface area (Å²) in [5.41, 5.74) is 1.19. The lowest BCUT2D eigenvalue weighted by Crippen LogP contribution is -2.20. The average molecular weight is 356 g/mol. The highest BCUT2D eigenvalue weighted by Crippen LogP contribution is 2.22. The summed E-state index contributed by atoms with van der Waals surface area (Å²) in [4.78, 5) is 17.2. The summed E-state index contributed by atoms with van der Waals surface area (Å²) < 4.78 is 0.638. The number of carboxylic acids is 1. The first-order chi connectivity index (χ1) is 9.47. The molecule has 0 fully saturated rings. The number of hydrogen-bond acceptors (Lipinski definition) is 3. The summed E-state index contributed by atoms with van der Waals surface area (Å²) in [6.07, 6.45) is 1.58. The molecular formula is C14H12BrClN2O2. The maximum atomic E-state index is 11.3. The normalized spacial score (nSPS) is 10.3. The minimum atomic E-state index is -1.00. The van der Waals surface area contributed by atoms with Crippen LogP contribution in [0, 0.1) is 0 Å². The van der Waals surface area contributed by atoms with Crippen LogP contribution in [0.25, 0.3) is 0 Å². The lowest BCUT2D eigenvalue weighted by molar-refractivity contribution is 0.0697. The Bertz CT molecular complexity index is 632. The maximum Gasteiger partial charge on any atom is 0.339 e. The average Bonchev–Trinajstić information content (AvgIpc) is 2.41. The number of aromatic carboxylic acids is 1. The van der Waals surface area contributed by atoms with Gasteiger partial charge in [0, 0.05) is 29.3 Å². The molecule has 1 aromatic carbocycles. The molecule has 6 heteroatoms. The Morgan fingerprint density at radius 1 is 1.40 bits per heavy atom. The van der Waals surface area contributed by atoms with Gasteiger partial charge in [-0.1, -0.05) is 23.7 Å². The van der Waals surface area contributed by atoms with Gasteiger partial charge in [0.2, 0.25) is 0 Å². The van der Waals surface area contributed by atoms with E-state index in [0.29, 0.717) is 21.9 Å². The van der Waals surface area contributed by atoms with Crippen molar-refractivity contribution in [1.82, 2.24) is 4.98 Å². The Labute approximate surface area is 130 Å². The molecular weight excluding hydrogens is 344 g/mol. The molecule has 0 spiro atoms. The quantitative estimate of drug-likeness (QED) is 0.905. The Kier molecular flexibility index (Phi) is 4.62. The van der Waals surface area contributed by atoms with Gasteiger partial charge in [0.05, 0.1) is 0 Å². The minimum absolute atomic E-state index is 0.163. The highest BCUT2D eigenvalue weighted by Gasteiger charge is 2.15. The van der Waals surface area contributed by atoms with Crippen LogP contribution in [-0.2, 0) is 6.54 Å². The molecule has 0 saturated carbocycles. The zero-order chi connectivity index (χ0) is 14.7. The molecule has 1 heterocycles. The maximum absolute atomic E-state index is 11.3. The largest absolute Gasteiger partial charge is 0.478 e. The Morgan fingerprint density at radius 2 is 2.05 bits per heavy atom. The zero-order valence-electron chi connectivity index (χ0n) is 10.7. The van der Waals surface area contributed by atoms with Crippen molar-refractivity contribution in [2.75, 3.05) is 11.9 Å². The third kappa shape index (κ3) is 3.49. The lowest BCUT2D eigenvalue weighted by atomic mass is 10.2. The predicted octanol–water partition coefficient (Wildman–Crippen LogP) is 3.83. The van der Waals surface area contributed by atoms with Crippen molar-refractivity contribution in [3.05, 3.63) is 57.2 Å². The standard InChI is InChI=1S/C14H12BrClN2O2/c1-18(8-9-2-4-11(16)5-3-9)13-12(14(19)20)6-10(15)7-17-13/h2-7H,8H2,1H3,(H,19,20). The molecule has 0 amide bonds. The van der Waals surface area contributed by atoms with Gasteiger partial charge in [-0.05, 0) is 39.7 Å². The van der Waals surface area contributed by atoms with Crippen molar-refractivity contribution >= 4 is 39.3 Å². The summed E-state index contributed by atoms with van der Waals surface area (Å²) >= 11 is 9.07. The SMILES string of the molecule is CN(Cc1ccc(Cl)cc1)c1ncc(Br)cc1C(=O)O. The van der Waals surface area contributed by atoms with Crippen LogP contribution < -0.4 is 4.90 Å². The number of anilines is 1. The van der Waals surface area contributed by atoms with Gasteiger partial charge in [0.15, 0.2) is 0 Å². The van der Waals surface area contributed by atoms with Crippen molar-refractivity contribution in [3.63, 3.8) is 0 Å². The molecule has 0 radical (unpaired) electrons. The summed E-state index contributed by atoms with van der Waals surface area (Å²) in [7, 11) is 1.80. The molecule has 0 unspecified atom stereocenters. The van der Waals surface area contributed by atoms with E-state index in [1.54, 1.807) is 36.3 Å². The molecule has 0 aliphatic rings. The van der Waals surface area contributed by atoms with Crippen LogP contribution in [0.5, 0.6) is 0 Å². The first kappa shape index (κ1) is 14.8. The molecule has 20 heavy (non-hydrogen) atoms. The number of benzene rings is 1. The molecule has 104 valence electrons. The van der Waals surface area contributed by atoms with Crippen molar-refractivity contribution in [1.29, 1.82) is 0 Å². The topological polar surface area (TPSA) is 53.4 Å². The van der Waals surface area contributed by atoms with Gasteiger partial charge >= 0.3 is 5.97 Å². The lowest BCUT2D eigenvalue weighted by Gasteiger charge is -2.20. The van der Waals surface area contributed by atoms with Gasteiger partial charge in [-0.2, -0.15) is 0 Å². The predicted molar refractivity (Wildman–Crippen MR) is 82.5 cm³/mol. The van der Waals surface area contributed by atoms with Crippen LogP contribution in [-0.4, -0.2) is 23.1 Å². The molecule has 4 nitrogen and oxygen atoms in total. The molecule has 2 aromatic rings. The van der Waals surface area contributed by atoms with E-state index in [1.807, 2.05) is 12.1 Å². The smallest absolute Gasteiger partial charge is 0.339 e. The molecule has 0 aliphatic carbocycles. The van der Waals surface area contributed by atoms with Crippen LogP contribution >= 0.6 is 27.5 Å². The third-order valence-corrected chi connectivity index (χ3v) is 3.44. The summed E-state index contributed by atoms with van der Waals surface area (Å²) in [6.45, 7) is 0.548. The molecule has 0 saturated heterocycles. The van der Waals surface area contributed by atoms with Crippen molar-refractivity contribution in [2.45, 2.75) is 6.54 Å². The van der Waals surface area contributed by atoms with Crippen molar-refractivity contribution in [2.24, 2.45) is 0 Å². The van der Waals surface area contributed by atoms with E-state index in [1.165, 1.54) is 0 Å². The van der Waals surface area contributed by atoms with Gasteiger partial charge in [-0.15, -0.1) is 0 Å². The van der Waals surface area contributed by atoms with Crippen molar-refractivity contribution in [3.8, 4) is 0 Å².